The highest BCUT2D eigenvalue weighted by atomic mass is 35.5. The van der Waals surface area contributed by atoms with Crippen molar-refractivity contribution in [2.24, 2.45) is 0 Å². The third-order valence-electron chi connectivity index (χ3n) is 7.60. The van der Waals surface area contributed by atoms with E-state index < -0.39 is 5.91 Å². The van der Waals surface area contributed by atoms with Crippen molar-refractivity contribution in [1.82, 2.24) is 14.7 Å². The molecule has 0 radical (unpaired) electrons. The molecule has 0 unspecified atom stereocenters. The minimum absolute atomic E-state index is 0.0675. The van der Waals surface area contributed by atoms with Gasteiger partial charge in [0.05, 0.1) is 0 Å². The Morgan fingerprint density at radius 3 is 1.98 bits per heavy atom. The number of anilines is 1. The fraction of sp³-hybridized carbons (Fsp3) is 0.312. The Kier molecular flexibility index (Phi) is 9.56. The van der Waals surface area contributed by atoms with Crippen LogP contribution in [0.4, 0.5) is 5.69 Å². The molecule has 3 aromatic rings. The van der Waals surface area contributed by atoms with Gasteiger partial charge in [0.25, 0.3) is 5.91 Å². The summed E-state index contributed by atoms with van der Waals surface area (Å²) in [6.07, 6.45) is 3.80. The number of phenolic OH excluding ortho intramolecular Hbond substituents is 1. The Hall–Kier alpha value is -3.85. The maximum Gasteiger partial charge on any atom is 0.293 e. The number of hydrogen-bond acceptors (Lipinski definition) is 7. The number of nitrogens with zero attached hydrogens (tertiary/aromatic N) is 3. The Labute approximate surface area is 246 Å². The normalized spacial score (nSPS) is 16.8. The second-order valence-electron chi connectivity index (χ2n) is 10.4. The predicted molar refractivity (Wildman–Crippen MR) is 164 cm³/mol. The highest BCUT2D eigenvalue weighted by molar-refractivity contribution is 6.30. The number of nitrogens with one attached hydrogen (secondary N) is 2. The van der Waals surface area contributed by atoms with Gasteiger partial charge >= 0.3 is 0 Å². The molecule has 3 aromatic carbocycles. The van der Waals surface area contributed by atoms with Crippen LogP contribution in [0.1, 0.15) is 12.8 Å². The van der Waals surface area contributed by atoms with Gasteiger partial charge in [0.15, 0.2) is 0 Å². The Bertz CT molecular complexity index is 1350. The molecule has 2 aliphatic heterocycles. The smallest absolute Gasteiger partial charge is 0.293 e. The predicted octanol–water partition coefficient (Wildman–Crippen LogP) is 5.30. The minimum atomic E-state index is -0.440. The Balaban J connectivity index is 1.33. The first kappa shape index (κ1) is 28.7. The topological polar surface area (TPSA) is 92.1 Å². The van der Waals surface area contributed by atoms with E-state index in [0.29, 0.717) is 35.2 Å². The van der Waals surface area contributed by atoms with Gasteiger partial charge in [0.2, 0.25) is 5.76 Å². The summed E-state index contributed by atoms with van der Waals surface area (Å²) in [5.41, 5.74) is 2.93. The summed E-state index contributed by atoms with van der Waals surface area (Å²) in [4.78, 5) is 20.6. The van der Waals surface area contributed by atoms with Crippen LogP contribution in [0, 0.1) is 5.41 Å². The number of carbonyl (C=O) groups excluding carboxylic acids is 1. The molecule has 2 aliphatic rings. The molecule has 2 heterocycles. The van der Waals surface area contributed by atoms with Crippen LogP contribution in [0.2, 0.25) is 5.02 Å². The number of hydrogen-bond donors (Lipinski definition) is 3. The van der Waals surface area contributed by atoms with E-state index in [1.165, 1.54) is 32.1 Å². The molecule has 0 bridgehead atoms. The van der Waals surface area contributed by atoms with Crippen LogP contribution in [0.5, 0.6) is 11.5 Å². The van der Waals surface area contributed by atoms with E-state index in [4.69, 9.17) is 21.7 Å². The largest absolute Gasteiger partial charge is 0.508 e. The van der Waals surface area contributed by atoms with Crippen LogP contribution in [0.25, 0.3) is 11.1 Å². The number of carbonyl (C=O) groups is 1. The number of benzene rings is 3. The monoisotopic (exact) mass is 573 g/mol. The molecule has 214 valence electrons. The number of piperazine rings is 1. The molecule has 9 heteroatoms. The summed E-state index contributed by atoms with van der Waals surface area (Å²) >= 11 is 6.03. The third kappa shape index (κ3) is 7.67. The van der Waals surface area contributed by atoms with Crippen LogP contribution < -0.4 is 10.1 Å². The lowest BCUT2D eigenvalue weighted by molar-refractivity contribution is -0.115. The summed E-state index contributed by atoms with van der Waals surface area (Å²) < 4.78 is 6.22. The van der Waals surface area contributed by atoms with Gasteiger partial charge in [-0.1, -0.05) is 35.9 Å². The molecule has 3 N–H and O–H groups in total. The van der Waals surface area contributed by atoms with E-state index in [1.54, 1.807) is 48.5 Å². The molecule has 2 fully saturated rings. The van der Waals surface area contributed by atoms with Gasteiger partial charge in [-0.2, -0.15) is 0 Å². The molecule has 0 spiro atoms. The lowest BCUT2D eigenvalue weighted by Gasteiger charge is -2.37. The maximum atomic E-state index is 13.6. The minimum Gasteiger partial charge on any atom is -0.508 e. The van der Waals surface area contributed by atoms with Crippen molar-refractivity contribution in [3.05, 3.63) is 89.3 Å². The second kappa shape index (κ2) is 13.7. The van der Waals surface area contributed by atoms with Crippen LogP contribution >= 0.6 is 11.6 Å². The van der Waals surface area contributed by atoms with E-state index in [1.807, 2.05) is 24.3 Å². The molecule has 1 amide bonds. The van der Waals surface area contributed by atoms with E-state index in [0.717, 1.165) is 37.3 Å². The molecule has 0 atom stereocenters. The number of amides is 1. The number of rotatable bonds is 10. The number of ether oxygens (including phenoxy) is 1. The van der Waals surface area contributed by atoms with E-state index >= 15 is 0 Å². The Morgan fingerprint density at radius 2 is 1.39 bits per heavy atom. The van der Waals surface area contributed by atoms with E-state index in [9.17, 15) is 9.90 Å². The van der Waals surface area contributed by atoms with Gasteiger partial charge < -0.3 is 30.4 Å². The number of allylic oxidation sites excluding steroid dienone is 1. The fourth-order valence-corrected chi connectivity index (χ4v) is 5.35. The molecule has 41 heavy (non-hydrogen) atoms. The number of aromatic hydroxyl groups is 1. The van der Waals surface area contributed by atoms with Crippen LogP contribution in [0.15, 0.2) is 84.3 Å². The van der Waals surface area contributed by atoms with Crippen molar-refractivity contribution in [3.63, 3.8) is 0 Å². The van der Waals surface area contributed by atoms with Gasteiger partial charge in [-0.05, 0) is 85.6 Å². The average Bonchev–Trinajstić information content (AvgIpc) is 3.52. The molecule has 2 saturated heterocycles. The van der Waals surface area contributed by atoms with Crippen LogP contribution in [-0.4, -0.2) is 84.3 Å². The lowest BCUT2D eigenvalue weighted by Crippen LogP contribution is -2.48. The highest BCUT2D eigenvalue weighted by Gasteiger charge is 2.26. The molecule has 8 nitrogen and oxygen atoms in total. The molecule has 0 aliphatic carbocycles. The summed E-state index contributed by atoms with van der Waals surface area (Å²) in [5, 5.41) is 21.3. The SMILES string of the molecule is N=C/C(=C(/Oc1ccc(-c2ccc(O)cc2)cc1)C(=O)Nc1ccc(Cl)cc1)N1CCN(CCN2CCCC2)CC1. The van der Waals surface area contributed by atoms with Crippen molar-refractivity contribution in [2.45, 2.75) is 12.8 Å². The van der Waals surface area contributed by atoms with Crippen molar-refractivity contribution in [2.75, 3.05) is 57.7 Å². The van der Waals surface area contributed by atoms with Crippen molar-refractivity contribution in [1.29, 1.82) is 5.41 Å². The molecular formula is C32H36ClN5O3. The third-order valence-corrected chi connectivity index (χ3v) is 7.85. The first-order chi connectivity index (χ1) is 20.0. The van der Waals surface area contributed by atoms with E-state index in [-0.39, 0.29) is 11.5 Å². The van der Waals surface area contributed by atoms with Gasteiger partial charge in [-0.3, -0.25) is 9.69 Å². The zero-order valence-electron chi connectivity index (χ0n) is 23.1. The lowest BCUT2D eigenvalue weighted by atomic mass is 10.1. The quantitative estimate of drug-likeness (QED) is 0.173. The Morgan fingerprint density at radius 1 is 0.829 bits per heavy atom. The summed E-state index contributed by atoms with van der Waals surface area (Å²) in [5.74, 6) is 0.321. The molecule has 0 aromatic heterocycles. The number of likely N-dealkylation sites (tertiary alicyclic amines) is 1. The first-order valence-electron chi connectivity index (χ1n) is 14.1. The van der Waals surface area contributed by atoms with Crippen molar-refractivity contribution < 1.29 is 14.6 Å². The molecule has 0 saturated carbocycles. The van der Waals surface area contributed by atoms with Gasteiger partial charge in [-0.25, -0.2) is 0 Å². The average molecular weight is 574 g/mol. The van der Waals surface area contributed by atoms with Crippen molar-refractivity contribution >= 4 is 29.4 Å². The van der Waals surface area contributed by atoms with Crippen LogP contribution in [0.3, 0.4) is 0 Å². The van der Waals surface area contributed by atoms with Crippen molar-refractivity contribution in [3.8, 4) is 22.6 Å². The van der Waals surface area contributed by atoms with Gasteiger partial charge in [-0.15, -0.1) is 0 Å². The summed E-state index contributed by atoms with van der Waals surface area (Å²) in [6, 6.07) is 21.3. The zero-order valence-corrected chi connectivity index (χ0v) is 23.8. The number of halogens is 1. The highest BCUT2D eigenvalue weighted by Crippen LogP contribution is 2.26. The maximum absolute atomic E-state index is 13.6. The summed E-state index contributed by atoms with van der Waals surface area (Å²) in [7, 11) is 0. The fourth-order valence-electron chi connectivity index (χ4n) is 5.23. The zero-order chi connectivity index (χ0) is 28.6. The molecule has 5 rings (SSSR count). The first-order valence-corrected chi connectivity index (χ1v) is 14.4. The van der Waals surface area contributed by atoms with Crippen LogP contribution in [-0.2, 0) is 4.79 Å². The van der Waals surface area contributed by atoms with Gasteiger partial charge in [0, 0.05) is 56.2 Å². The number of phenols is 1. The summed E-state index contributed by atoms with van der Waals surface area (Å²) in [6.45, 7) is 7.63. The van der Waals surface area contributed by atoms with Gasteiger partial charge in [0.1, 0.15) is 17.2 Å². The second-order valence-corrected chi connectivity index (χ2v) is 10.8. The van der Waals surface area contributed by atoms with E-state index in [2.05, 4.69) is 20.0 Å². The molecular weight excluding hydrogens is 538 g/mol. The standard InChI is InChI=1S/C32H36ClN5O3/c33-26-7-9-27(10-8-26)35-32(40)31(41-29-13-5-25(6-14-29)24-3-11-28(39)12-4-24)30(23-34)38-21-19-37(20-22-38)18-17-36-15-1-2-16-36/h3-14,23,34,39H,1-2,15-22H2,(H,35,40)/b31-30-,34-23?.